The molecular weight excluding hydrogens is 316 g/mol. The SMILES string of the molecule is CC(=O)c1cccc(NC(=O)C(=O)NCc2ccc(Cl)cc2)c1. The number of rotatable bonds is 4. The summed E-state index contributed by atoms with van der Waals surface area (Å²) < 4.78 is 0. The molecule has 0 aliphatic rings. The molecule has 5 nitrogen and oxygen atoms in total. The van der Waals surface area contributed by atoms with Gasteiger partial charge in [0.1, 0.15) is 0 Å². The summed E-state index contributed by atoms with van der Waals surface area (Å²) in [7, 11) is 0. The molecule has 0 saturated carbocycles. The van der Waals surface area contributed by atoms with Crippen molar-refractivity contribution in [3.8, 4) is 0 Å². The Morgan fingerprint density at radius 3 is 2.35 bits per heavy atom. The zero-order valence-electron chi connectivity index (χ0n) is 12.4. The number of nitrogens with one attached hydrogen (secondary N) is 2. The summed E-state index contributed by atoms with van der Waals surface area (Å²) in [6.45, 7) is 1.65. The minimum atomic E-state index is -0.792. The van der Waals surface area contributed by atoms with E-state index in [1.165, 1.54) is 13.0 Å². The van der Waals surface area contributed by atoms with E-state index in [4.69, 9.17) is 11.6 Å². The van der Waals surface area contributed by atoms with Crippen LogP contribution in [0.2, 0.25) is 5.02 Å². The van der Waals surface area contributed by atoms with Crippen molar-refractivity contribution in [1.82, 2.24) is 5.32 Å². The molecule has 2 aromatic carbocycles. The average Bonchev–Trinajstić information content (AvgIpc) is 2.54. The summed E-state index contributed by atoms with van der Waals surface area (Å²) in [4.78, 5) is 34.9. The highest BCUT2D eigenvalue weighted by Crippen LogP contribution is 2.11. The van der Waals surface area contributed by atoms with Crippen LogP contribution in [0, 0.1) is 0 Å². The monoisotopic (exact) mass is 330 g/mol. The van der Waals surface area contributed by atoms with Gasteiger partial charge in [0.25, 0.3) is 0 Å². The fourth-order valence-corrected chi connectivity index (χ4v) is 1.99. The smallest absolute Gasteiger partial charge is 0.313 e. The van der Waals surface area contributed by atoms with Crippen LogP contribution < -0.4 is 10.6 Å². The number of benzene rings is 2. The Kier molecular flexibility index (Phi) is 5.49. The highest BCUT2D eigenvalue weighted by molar-refractivity contribution is 6.39. The number of amides is 2. The normalized spacial score (nSPS) is 10.0. The Balaban J connectivity index is 1.92. The molecular formula is C17H15ClN2O3. The third kappa shape index (κ3) is 4.93. The van der Waals surface area contributed by atoms with Crippen LogP contribution in [0.4, 0.5) is 5.69 Å². The molecule has 0 bridgehead atoms. The van der Waals surface area contributed by atoms with E-state index in [-0.39, 0.29) is 12.3 Å². The van der Waals surface area contributed by atoms with Crippen LogP contribution in [0.25, 0.3) is 0 Å². The van der Waals surface area contributed by atoms with Crippen LogP contribution in [0.3, 0.4) is 0 Å². The predicted molar refractivity (Wildman–Crippen MR) is 88.4 cm³/mol. The van der Waals surface area contributed by atoms with Crippen molar-refractivity contribution in [2.45, 2.75) is 13.5 Å². The van der Waals surface area contributed by atoms with Crippen LogP contribution in [0.5, 0.6) is 0 Å². The third-order valence-corrected chi connectivity index (χ3v) is 3.35. The molecule has 6 heteroatoms. The van der Waals surface area contributed by atoms with Gasteiger partial charge in [-0.3, -0.25) is 14.4 Å². The maximum absolute atomic E-state index is 11.8. The molecule has 2 rings (SSSR count). The topological polar surface area (TPSA) is 75.3 Å². The fourth-order valence-electron chi connectivity index (χ4n) is 1.87. The van der Waals surface area contributed by atoms with E-state index in [0.717, 1.165) is 5.56 Å². The number of anilines is 1. The van der Waals surface area contributed by atoms with E-state index in [2.05, 4.69) is 10.6 Å². The first kappa shape index (κ1) is 16.7. The Morgan fingerprint density at radius 2 is 1.70 bits per heavy atom. The zero-order valence-corrected chi connectivity index (χ0v) is 13.2. The number of halogens is 1. The highest BCUT2D eigenvalue weighted by atomic mass is 35.5. The predicted octanol–water partition coefficient (Wildman–Crippen LogP) is 2.80. The molecule has 2 N–H and O–H groups in total. The molecule has 0 fully saturated rings. The van der Waals surface area contributed by atoms with Gasteiger partial charge in [-0.15, -0.1) is 0 Å². The van der Waals surface area contributed by atoms with Crippen molar-refractivity contribution in [3.63, 3.8) is 0 Å². The summed E-state index contributed by atoms with van der Waals surface area (Å²) in [5, 5.41) is 5.57. The second kappa shape index (κ2) is 7.56. The molecule has 0 spiro atoms. The molecule has 0 aromatic heterocycles. The molecule has 2 amide bonds. The molecule has 0 aliphatic carbocycles. The number of ketones is 1. The molecule has 0 unspecified atom stereocenters. The van der Waals surface area contributed by atoms with Gasteiger partial charge in [-0.25, -0.2) is 0 Å². The quantitative estimate of drug-likeness (QED) is 0.668. The first-order chi connectivity index (χ1) is 11.0. The van der Waals surface area contributed by atoms with Gasteiger partial charge in [0.2, 0.25) is 0 Å². The lowest BCUT2D eigenvalue weighted by Gasteiger charge is -2.07. The Hall–Kier alpha value is -2.66. The number of Topliss-reactive ketones (excluding diaryl/α,β-unsaturated/α-hetero) is 1. The van der Waals surface area contributed by atoms with Crippen LogP contribution in [-0.4, -0.2) is 17.6 Å². The summed E-state index contributed by atoms with van der Waals surface area (Å²) in [6, 6.07) is 13.3. The van der Waals surface area contributed by atoms with E-state index in [1.54, 1.807) is 42.5 Å². The molecule has 2 aromatic rings. The summed E-state index contributed by atoms with van der Waals surface area (Å²) in [5.74, 6) is -1.67. The minimum absolute atomic E-state index is 0.117. The van der Waals surface area contributed by atoms with Crippen LogP contribution in [-0.2, 0) is 16.1 Å². The van der Waals surface area contributed by atoms with Crippen LogP contribution >= 0.6 is 11.6 Å². The van der Waals surface area contributed by atoms with Gasteiger partial charge in [-0.2, -0.15) is 0 Å². The Morgan fingerprint density at radius 1 is 1.00 bits per heavy atom. The van der Waals surface area contributed by atoms with Crippen molar-refractivity contribution in [3.05, 3.63) is 64.7 Å². The summed E-state index contributed by atoms with van der Waals surface area (Å²) >= 11 is 5.77. The number of hydrogen-bond donors (Lipinski definition) is 2. The molecule has 0 atom stereocenters. The number of carbonyl (C=O) groups is 3. The first-order valence-corrected chi connectivity index (χ1v) is 7.28. The third-order valence-electron chi connectivity index (χ3n) is 3.10. The lowest BCUT2D eigenvalue weighted by molar-refractivity contribution is -0.136. The van der Waals surface area contributed by atoms with E-state index >= 15 is 0 Å². The zero-order chi connectivity index (χ0) is 16.8. The Bertz CT molecular complexity index is 742. The van der Waals surface area contributed by atoms with Gasteiger partial charge in [-0.1, -0.05) is 35.9 Å². The second-order valence-corrected chi connectivity index (χ2v) is 5.34. The summed E-state index contributed by atoms with van der Waals surface area (Å²) in [6.07, 6.45) is 0. The summed E-state index contributed by atoms with van der Waals surface area (Å²) in [5.41, 5.74) is 1.68. The van der Waals surface area contributed by atoms with Crippen molar-refractivity contribution in [1.29, 1.82) is 0 Å². The van der Waals surface area contributed by atoms with Gasteiger partial charge in [-0.05, 0) is 36.8 Å². The van der Waals surface area contributed by atoms with Crippen molar-refractivity contribution in [2.75, 3.05) is 5.32 Å². The lowest BCUT2D eigenvalue weighted by Crippen LogP contribution is -2.34. The molecule has 23 heavy (non-hydrogen) atoms. The average molecular weight is 331 g/mol. The largest absolute Gasteiger partial charge is 0.344 e. The second-order valence-electron chi connectivity index (χ2n) is 4.90. The van der Waals surface area contributed by atoms with E-state index in [0.29, 0.717) is 16.3 Å². The molecule has 0 radical (unpaired) electrons. The Labute approximate surface area is 138 Å². The van der Waals surface area contributed by atoms with Gasteiger partial charge in [0.15, 0.2) is 5.78 Å². The van der Waals surface area contributed by atoms with E-state index in [9.17, 15) is 14.4 Å². The number of hydrogen-bond acceptors (Lipinski definition) is 3. The van der Waals surface area contributed by atoms with Crippen LogP contribution in [0.15, 0.2) is 48.5 Å². The fraction of sp³-hybridized carbons (Fsp3) is 0.118. The van der Waals surface area contributed by atoms with Crippen molar-refractivity contribution >= 4 is 34.9 Å². The van der Waals surface area contributed by atoms with Crippen LogP contribution in [0.1, 0.15) is 22.8 Å². The number of carbonyl (C=O) groups excluding carboxylic acids is 3. The standard InChI is InChI=1S/C17H15ClN2O3/c1-11(21)13-3-2-4-15(9-13)20-17(23)16(22)19-10-12-5-7-14(18)8-6-12/h2-9H,10H2,1H3,(H,19,22)(H,20,23). The van der Waals surface area contributed by atoms with E-state index in [1.807, 2.05) is 0 Å². The molecule has 118 valence electrons. The van der Waals surface area contributed by atoms with Gasteiger partial charge in [0, 0.05) is 22.8 Å². The highest BCUT2D eigenvalue weighted by Gasteiger charge is 2.13. The van der Waals surface area contributed by atoms with Crippen molar-refractivity contribution < 1.29 is 14.4 Å². The van der Waals surface area contributed by atoms with E-state index < -0.39 is 11.8 Å². The van der Waals surface area contributed by atoms with Gasteiger partial charge >= 0.3 is 11.8 Å². The molecule has 0 heterocycles. The first-order valence-electron chi connectivity index (χ1n) is 6.90. The lowest BCUT2D eigenvalue weighted by atomic mass is 10.1. The maximum atomic E-state index is 11.8. The van der Waals surface area contributed by atoms with Gasteiger partial charge in [0.05, 0.1) is 0 Å². The maximum Gasteiger partial charge on any atom is 0.313 e. The minimum Gasteiger partial charge on any atom is -0.344 e. The van der Waals surface area contributed by atoms with Crippen molar-refractivity contribution in [2.24, 2.45) is 0 Å². The van der Waals surface area contributed by atoms with Gasteiger partial charge < -0.3 is 10.6 Å². The molecule has 0 aliphatic heterocycles. The molecule has 0 saturated heterocycles.